The summed E-state index contributed by atoms with van der Waals surface area (Å²) in [6, 6.07) is 3.47. The monoisotopic (exact) mass is 295 g/mol. The Hall–Kier alpha value is -0.354. The van der Waals surface area contributed by atoms with Crippen LogP contribution < -0.4 is 61.8 Å². The first-order valence-electron chi connectivity index (χ1n) is 5.01. The van der Waals surface area contributed by atoms with Gasteiger partial charge in [-0.1, -0.05) is 12.1 Å². The number of carboxylic acids is 2. The molecule has 6 nitrogen and oxygen atoms in total. The van der Waals surface area contributed by atoms with E-state index in [1.807, 2.05) is 0 Å². The molecule has 1 rings (SSSR count). The smallest absolute Gasteiger partial charge is 0.547 e. The summed E-state index contributed by atoms with van der Waals surface area (Å²) in [7, 11) is 0. The van der Waals surface area contributed by atoms with E-state index in [0.717, 1.165) is 12.1 Å². The number of carbonyl (C=O) groups is 2. The van der Waals surface area contributed by atoms with E-state index < -0.39 is 36.4 Å². The van der Waals surface area contributed by atoms with Gasteiger partial charge in [0.05, 0.1) is 18.6 Å². The second kappa shape index (κ2) is 8.75. The molecule has 1 aromatic carbocycles. The number of halogens is 1. The Morgan fingerprint density at radius 1 is 1.32 bits per heavy atom. The fourth-order valence-corrected chi connectivity index (χ4v) is 1.42. The van der Waals surface area contributed by atoms with Gasteiger partial charge >= 0.3 is 57.4 Å². The van der Waals surface area contributed by atoms with Crippen LogP contribution in [0.15, 0.2) is 24.3 Å². The Morgan fingerprint density at radius 2 is 1.84 bits per heavy atom. The Bertz CT molecular complexity index is 439. The molecule has 0 aliphatic rings. The Labute approximate surface area is 151 Å². The minimum absolute atomic E-state index is 0. The van der Waals surface area contributed by atoms with Gasteiger partial charge in [0.25, 0.3) is 0 Å². The van der Waals surface area contributed by atoms with E-state index in [9.17, 15) is 24.2 Å². The first kappa shape index (κ1) is 18.6. The average Bonchev–Trinajstić information content (AvgIpc) is 2.30. The third kappa shape index (κ3) is 6.08. The van der Waals surface area contributed by atoms with Crippen molar-refractivity contribution in [1.29, 1.82) is 0 Å². The molecule has 0 heterocycles. The number of carbonyl (C=O) groups excluding carboxylic acids is 1. The SMILES string of the molecule is O=C(O)CNC(c1ccc(F)cc1)C(O)C(=O)[O-].[K+]. The van der Waals surface area contributed by atoms with Crippen LogP contribution in [0.2, 0.25) is 0 Å². The van der Waals surface area contributed by atoms with Gasteiger partial charge in [-0.25, -0.2) is 4.39 Å². The summed E-state index contributed by atoms with van der Waals surface area (Å²) in [5, 5.41) is 30.9. The average molecular weight is 295 g/mol. The number of hydrogen-bond acceptors (Lipinski definition) is 5. The zero-order chi connectivity index (χ0) is 13.7. The number of aliphatic hydroxyl groups excluding tert-OH is 1. The normalized spacial score (nSPS) is 13.2. The number of hydrogen-bond donors (Lipinski definition) is 3. The van der Waals surface area contributed by atoms with Crippen LogP contribution in [-0.4, -0.2) is 34.8 Å². The fourth-order valence-electron chi connectivity index (χ4n) is 1.42. The minimum atomic E-state index is -1.94. The molecule has 1 aromatic rings. The number of aliphatic carboxylic acids is 2. The second-order valence-electron chi connectivity index (χ2n) is 3.57. The molecule has 2 unspecified atom stereocenters. The second-order valence-corrected chi connectivity index (χ2v) is 3.57. The molecule has 0 aliphatic heterocycles. The van der Waals surface area contributed by atoms with Crippen LogP contribution in [0.4, 0.5) is 4.39 Å². The maximum Gasteiger partial charge on any atom is 1.00 e. The van der Waals surface area contributed by atoms with Crippen LogP contribution in [0.3, 0.4) is 0 Å². The molecular weight excluding hydrogens is 284 g/mol. The van der Waals surface area contributed by atoms with Crippen molar-refractivity contribution in [3.8, 4) is 0 Å². The molecule has 0 saturated carbocycles. The van der Waals surface area contributed by atoms with Crippen LogP contribution in [0.1, 0.15) is 11.6 Å². The van der Waals surface area contributed by atoms with Crippen LogP contribution >= 0.6 is 0 Å². The third-order valence-electron chi connectivity index (χ3n) is 2.26. The van der Waals surface area contributed by atoms with Gasteiger partial charge in [0.2, 0.25) is 0 Å². The van der Waals surface area contributed by atoms with Crippen LogP contribution in [0.25, 0.3) is 0 Å². The number of nitrogens with one attached hydrogen (secondary N) is 1. The number of aliphatic hydroxyl groups is 1. The van der Waals surface area contributed by atoms with Gasteiger partial charge in [-0.05, 0) is 17.7 Å². The van der Waals surface area contributed by atoms with Crippen molar-refractivity contribution in [3.63, 3.8) is 0 Å². The van der Waals surface area contributed by atoms with Crippen molar-refractivity contribution in [2.45, 2.75) is 12.1 Å². The molecule has 8 heteroatoms. The zero-order valence-electron chi connectivity index (χ0n) is 10.2. The summed E-state index contributed by atoms with van der Waals surface area (Å²) >= 11 is 0. The van der Waals surface area contributed by atoms with Gasteiger partial charge in [0.15, 0.2) is 0 Å². The number of benzene rings is 1. The first-order valence-corrected chi connectivity index (χ1v) is 5.01. The van der Waals surface area contributed by atoms with E-state index in [2.05, 4.69) is 5.32 Å². The fraction of sp³-hybridized carbons (Fsp3) is 0.273. The van der Waals surface area contributed by atoms with Crippen LogP contribution in [0, 0.1) is 5.82 Å². The molecule has 0 bridgehead atoms. The topological polar surface area (TPSA) is 110 Å². The van der Waals surface area contributed by atoms with E-state index in [1.54, 1.807) is 0 Å². The Kier molecular flexibility index (Phi) is 8.58. The summed E-state index contributed by atoms with van der Waals surface area (Å²) in [6.45, 7) is -0.549. The summed E-state index contributed by atoms with van der Waals surface area (Å²) in [4.78, 5) is 21.0. The van der Waals surface area contributed by atoms with E-state index >= 15 is 0 Å². The van der Waals surface area contributed by atoms with Crippen molar-refractivity contribution in [3.05, 3.63) is 35.6 Å². The quantitative estimate of drug-likeness (QED) is 0.458. The van der Waals surface area contributed by atoms with Crippen molar-refractivity contribution in [2.75, 3.05) is 6.54 Å². The van der Waals surface area contributed by atoms with Gasteiger partial charge in [-0.15, -0.1) is 0 Å². The van der Waals surface area contributed by atoms with Crippen LogP contribution in [0.5, 0.6) is 0 Å². The predicted molar refractivity (Wildman–Crippen MR) is 55.8 cm³/mol. The summed E-state index contributed by atoms with van der Waals surface area (Å²) in [5.41, 5.74) is 0.245. The van der Waals surface area contributed by atoms with Gasteiger partial charge in [0, 0.05) is 0 Å². The van der Waals surface area contributed by atoms with Gasteiger partial charge in [0.1, 0.15) is 11.9 Å². The molecule has 19 heavy (non-hydrogen) atoms. The first-order chi connectivity index (χ1) is 8.41. The summed E-state index contributed by atoms with van der Waals surface area (Å²) in [5.74, 6) is -3.49. The molecule has 0 spiro atoms. The Morgan fingerprint density at radius 3 is 2.26 bits per heavy atom. The molecule has 0 radical (unpaired) electrons. The van der Waals surface area contributed by atoms with Crippen molar-refractivity contribution < 1.29 is 80.7 Å². The van der Waals surface area contributed by atoms with Crippen LogP contribution in [-0.2, 0) is 9.59 Å². The van der Waals surface area contributed by atoms with E-state index in [1.165, 1.54) is 12.1 Å². The molecule has 0 saturated heterocycles. The van der Waals surface area contributed by atoms with Gasteiger partial charge in [-0.3, -0.25) is 10.1 Å². The largest absolute Gasteiger partial charge is 1.00 e. The molecule has 0 fully saturated rings. The standard InChI is InChI=1S/C11H12FNO5.K/c12-7-3-1-6(2-4-7)9(10(16)11(17)18)13-5-8(14)15;/h1-4,9-10,13,16H,5H2,(H,14,15)(H,17,18);/q;+1/p-1. The molecular formula is C11H11FKNO5. The summed E-state index contributed by atoms with van der Waals surface area (Å²) in [6.07, 6.45) is -1.94. The molecule has 0 amide bonds. The predicted octanol–water partition coefficient (Wildman–Crippen LogP) is -4.34. The molecule has 0 aromatic heterocycles. The maximum absolute atomic E-state index is 12.7. The maximum atomic E-state index is 12.7. The van der Waals surface area contributed by atoms with Gasteiger partial charge < -0.3 is 20.1 Å². The van der Waals surface area contributed by atoms with E-state index in [0.29, 0.717) is 0 Å². The van der Waals surface area contributed by atoms with Gasteiger partial charge in [-0.2, -0.15) is 0 Å². The summed E-state index contributed by atoms with van der Waals surface area (Å²) < 4.78 is 12.7. The number of carboxylic acid groups (broad SMARTS) is 2. The molecule has 98 valence electrons. The Balaban J connectivity index is 0.00000324. The van der Waals surface area contributed by atoms with Crippen molar-refractivity contribution in [1.82, 2.24) is 5.32 Å². The van der Waals surface area contributed by atoms with Crippen molar-refractivity contribution in [2.24, 2.45) is 0 Å². The van der Waals surface area contributed by atoms with E-state index in [4.69, 9.17) is 5.11 Å². The number of rotatable bonds is 6. The molecule has 2 atom stereocenters. The van der Waals surface area contributed by atoms with Crippen molar-refractivity contribution >= 4 is 11.9 Å². The third-order valence-corrected chi connectivity index (χ3v) is 2.26. The molecule has 0 aliphatic carbocycles. The minimum Gasteiger partial charge on any atom is -0.547 e. The zero-order valence-corrected chi connectivity index (χ0v) is 13.3. The van der Waals surface area contributed by atoms with E-state index in [-0.39, 0.29) is 56.9 Å². The molecule has 3 N–H and O–H groups in total.